The fourth-order valence-electron chi connectivity index (χ4n) is 4.36. The number of halogens is 1. The van der Waals surface area contributed by atoms with Crippen LogP contribution >= 0.6 is 12.4 Å². The van der Waals surface area contributed by atoms with E-state index >= 15 is 0 Å². The van der Waals surface area contributed by atoms with Crippen molar-refractivity contribution in [2.24, 2.45) is 11.8 Å². The third kappa shape index (κ3) is 4.42. The highest BCUT2D eigenvalue weighted by molar-refractivity contribution is 5.89. The quantitative estimate of drug-likeness (QED) is 0.813. The van der Waals surface area contributed by atoms with Crippen molar-refractivity contribution in [3.05, 3.63) is 0 Å². The minimum absolute atomic E-state index is 0. The smallest absolute Gasteiger partial charge is 0.225 e. The van der Waals surface area contributed by atoms with E-state index in [1.165, 1.54) is 12.8 Å². The number of likely N-dealkylation sites (tertiary alicyclic amines) is 1. The molecular formula is C18H32ClN3O2. The molecule has 6 heteroatoms. The van der Waals surface area contributed by atoms with Crippen LogP contribution in [0.15, 0.2) is 0 Å². The number of piperidine rings is 1. The Kier molecular flexibility index (Phi) is 6.93. The lowest BCUT2D eigenvalue weighted by Crippen LogP contribution is -2.53. The first-order valence-electron chi connectivity index (χ1n) is 9.38. The van der Waals surface area contributed by atoms with Crippen LogP contribution in [-0.2, 0) is 9.59 Å². The second-order valence-electron chi connectivity index (χ2n) is 7.86. The first-order valence-corrected chi connectivity index (χ1v) is 9.38. The van der Waals surface area contributed by atoms with Gasteiger partial charge in [0.15, 0.2) is 0 Å². The summed E-state index contributed by atoms with van der Waals surface area (Å²) in [5.74, 6) is 0.879. The lowest BCUT2D eigenvalue weighted by Gasteiger charge is -2.34. The third-order valence-corrected chi connectivity index (χ3v) is 6.04. The molecule has 2 amide bonds. The summed E-state index contributed by atoms with van der Waals surface area (Å²) in [6.45, 7) is 6.07. The standard InChI is InChI=1S/C18H31N3O2.ClH/c1-12-5-7-15(8-6-12)21-11-14(10-17(21)22)18(23)20-16-4-3-9-19-13(16)2;/h12-16,19H,3-11H2,1-2H3,(H,20,23);1H. The molecule has 1 saturated carbocycles. The number of hydrogen-bond donors (Lipinski definition) is 2. The van der Waals surface area contributed by atoms with Gasteiger partial charge in [0, 0.05) is 31.1 Å². The summed E-state index contributed by atoms with van der Waals surface area (Å²) in [6.07, 6.45) is 7.14. The molecule has 3 unspecified atom stereocenters. The fraction of sp³-hybridized carbons (Fsp3) is 0.889. The minimum Gasteiger partial charge on any atom is -0.352 e. The molecule has 0 bridgehead atoms. The molecule has 2 aliphatic heterocycles. The zero-order chi connectivity index (χ0) is 16.4. The molecule has 3 aliphatic rings. The van der Waals surface area contributed by atoms with E-state index in [0.717, 1.165) is 38.1 Å². The Morgan fingerprint density at radius 3 is 2.54 bits per heavy atom. The maximum absolute atomic E-state index is 12.6. The summed E-state index contributed by atoms with van der Waals surface area (Å²) in [7, 11) is 0. The van der Waals surface area contributed by atoms with Gasteiger partial charge in [-0.3, -0.25) is 9.59 Å². The second-order valence-corrected chi connectivity index (χ2v) is 7.86. The Morgan fingerprint density at radius 1 is 1.17 bits per heavy atom. The second kappa shape index (κ2) is 8.52. The van der Waals surface area contributed by atoms with Gasteiger partial charge in [-0.25, -0.2) is 0 Å². The zero-order valence-electron chi connectivity index (χ0n) is 14.9. The topological polar surface area (TPSA) is 61.4 Å². The van der Waals surface area contributed by atoms with E-state index in [4.69, 9.17) is 0 Å². The minimum atomic E-state index is -0.157. The number of amides is 2. The van der Waals surface area contributed by atoms with Crippen molar-refractivity contribution < 1.29 is 9.59 Å². The lowest BCUT2D eigenvalue weighted by atomic mass is 9.86. The van der Waals surface area contributed by atoms with Gasteiger partial charge < -0.3 is 15.5 Å². The molecule has 2 N–H and O–H groups in total. The van der Waals surface area contributed by atoms with E-state index < -0.39 is 0 Å². The highest BCUT2D eigenvalue weighted by atomic mass is 35.5. The average molecular weight is 358 g/mol. The van der Waals surface area contributed by atoms with E-state index in [2.05, 4.69) is 24.5 Å². The summed E-state index contributed by atoms with van der Waals surface area (Å²) in [5.41, 5.74) is 0. The molecule has 3 atom stereocenters. The molecule has 0 aromatic heterocycles. The number of nitrogens with zero attached hydrogens (tertiary/aromatic N) is 1. The van der Waals surface area contributed by atoms with Gasteiger partial charge in [-0.05, 0) is 57.9 Å². The summed E-state index contributed by atoms with van der Waals surface area (Å²) >= 11 is 0. The summed E-state index contributed by atoms with van der Waals surface area (Å²) in [5, 5.41) is 6.59. The fourth-order valence-corrected chi connectivity index (χ4v) is 4.36. The van der Waals surface area contributed by atoms with Crippen LogP contribution in [0.1, 0.15) is 58.8 Å². The van der Waals surface area contributed by atoms with Gasteiger partial charge in [0.25, 0.3) is 0 Å². The van der Waals surface area contributed by atoms with Gasteiger partial charge in [0.1, 0.15) is 0 Å². The van der Waals surface area contributed by atoms with E-state index in [-0.39, 0.29) is 36.2 Å². The van der Waals surface area contributed by atoms with Gasteiger partial charge in [-0.1, -0.05) is 6.92 Å². The number of rotatable bonds is 3. The maximum Gasteiger partial charge on any atom is 0.225 e. The Balaban J connectivity index is 0.00000208. The molecule has 24 heavy (non-hydrogen) atoms. The van der Waals surface area contributed by atoms with Crippen LogP contribution in [0.5, 0.6) is 0 Å². The normalized spacial score (nSPS) is 37.0. The van der Waals surface area contributed by atoms with Gasteiger partial charge in [-0.15, -0.1) is 12.4 Å². The first kappa shape index (κ1) is 19.5. The molecule has 138 valence electrons. The Bertz CT molecular complexity index is 452. The highest BCUT2D eigenvalue weighted by Gasteiger charge is 2.39. The Morgan fingerprint density at radius 2 is 1.88 bits per heavy atom. The number of nitrogens with one attached hydrogen (secondary N) is 2. The average Bonchev–Trinajstić information content (AvgIpc) is 2.92. The predicted octanol–water partition coefficient (Wildman–Crippen LogP) is 2.09. The van der Waals surface area contributed by atoms with Crippen molar-refractivity contribution in [3.8, 4) is 0 Å². The Hall–Kier alpha value is -0.810. The van der Waals surface area contributed by atoms with Gasteiger partial charge in [0.05, 0.1) is 5.92 Å². The molecule has 5 nitrogen and oxygen atoms in total. The van der Waals surface area contributed by atoms with Gasteiger partial charge in [-0.2, -0.15) is 0 Å². The molecule has 0 spiro atoms. The van der Waals surface area contributed by atoms with E-state index in [9.17, 15) is 9.59 Å². The van der Waals surface area contributed by atoms with Crippen molar-refractivity contribution >= 4 is 24.2 Å². The molecule has 0 aromatic rings. The monoisotopic (exact) mass is 357 g/mol. The van der Waals surface area contributed by atoms with Crippen LogP contribution in [0.25, 0.3) is 0 Å². The van der Waals surface area contributed by atoms with Crippen molar-refractivity contribution in [2.45, 2.75) is 76.9 Å². The van der Waals surface area contributed by atoms with Crippen molar-refractivity contribution in [2.75, 3.05) is 13.1 Å². The highest BCUT2D eigenvalue weighted by Crippen LogP contribution is 2.31. The van der Waals surface area contributed by atoms with Crippen LogP contribution in [0.2, 0.25) is 0 Å². The predicted molar refractivity (Wildman–Crippen MR) is 97.1 cm³/mol. The molecule has 2 heterocycles. The van der Waals surface area contributed by atoms with E-state index in [0.29, 0.717) is 25.0 Å². The largest absolute Gasteiger partial charge is 0.352 e. The zero-order valence-corrected chi connectivity index (χ0v) is 15.7. The summed E-state index contributed by atoms with van der Waals surface area (Å²) in [6, 6.07) is 0.892. The van der Waals surface area contributed by atoms with Crippen molar-refractivity contribution in [3.63, 3.8) is 0 Å². The van der Waals surface area contributed by atoms with Crippen LogP contribution < -0.4 is 10.6 Å². The Labute approximate surface area is 151 Å². The summed E-state index contributed by atoms with van der Waals surface area (Å²) in [4.78, 5) is 26.9. The van der Waals surface area contributed by atoms with Gasteiger partial charge >= 0.3 is 0 Å². The third-order valence-electron chi connectivity index (χ3n) is 6.04. The summed E-state index contributed by atoms with van der Waals surface area (Å²) < 4.78 is 0. The lowest BCUT2D eigenvalue weighted by molar-refractivity contribution is -0.131. The molecule has 0 aromatic carbocycles. The molecule has 0 radical (unpaired) electrons. The molecule has 3 rings (SSSR count). The van der Waals surface area contributed by atoms with Crippen molar-refractivity contribution in [1.29, 1.82) is 0 Å². The van der Waals surface area contributed by atoms with Crippen LogP contribution in [0.4, 0.5) is 0 Å². The van der Waals surface area contributed by atoms with E-state index in [1.807, 2.05) is 4.90 Å². The molecule has 1 aliphatic carbocycles. The van der Waals surface area contributed by atoms with Crippen molar-refractivity contribution in [1.82, 2.24) is 15.5 Å². The number of hydrogen-bond acceptors (Lipinski definition) is 3. The first-order chi connectivity index (χ1) is 11.0. The van der Waals surface area contributed by atoms with Crippen LogP contribution in [0.3, 0.4) is 0 Å². The number of carbonyl (C=O) groups excluding carboxylic acids is 2. The SMILES string of the molecule is CC1CCC(N2CC(C(=O)NC3CCCNC3C)CC2=O)CC1.Cl. The van der Waals surface area contributed by atoms with E-state index in [1.54, 1.807) is 0 Å². The molecular weight excluding hydrogens is 326 g/mol. The maximum atomic E-state index is 12.6. The van der Waals surface area contributed by atoms with Crippen LogP contribution in [0, 0.1) is 11.8 Å². The van der Waals surface area contributed by atoms with Gasteiger partial charge in [0.2, 0.25) is 11.8 Å². The number of carbonyl (C=O) groups is 2. The molecule has 3 fully saturated rings. The molecule has 2 saturated heterocycles. The van der Waals surface area contributed by atoms with Crippen LogP contribution in [-0.4, -0.2) is 47.9 Å².